The fourth-order valence-electron chi connectivity index (χ4n) is 12.7. The van der Waals surface area contributed by atoms with Crippen molar-refractivity contribution >= 4 is 95.7 Å². The zero-order chi connectivity index (χ0) is 93.7. The van der Waals surface area contributed by atoms with Crippen LogP contribution >= 0.6 is 0 Å². The molecule has 4 N–H and O–H groups in total. The molecule has 0 aromatic heterocycles. The number of ketones is 1. The molecular formula is C84H150N18O22. The lowest BCUT2D eigenvalue weighted by Crippen LogP contribution is -2.31. The number of carbonyl (C=O) groups excluding carboxylic acids is 13. The Balaban J connectivity index is 0.000000675. The van der Waals surface area contributed by atoms with Gasteiger partial charge in [0.15, 0.2) is 0 Å². The molecule has 13 aliphatic heterocycles. The predicted molar refractivity (Wildman–Crippen MR) is 466 cm³/mol. The van der Waals surface area contributed by atoms with Gasteiger partial charge in [-0.15, -0.1) is 0 Å². The Bertz CT molecular complexity index is 3230. The minimum atomic E-state index is -0.288. The number of nitriles is 1. The summed E-state index contributed by atoms with van der Waals surface area (Å²) in [6.07, 6.45) is 22.8. The summed E-state index contributed by atoms with van der Waals surface area (Å²) in [4.78, 5) is 165. The number of Topliss-reactive ketones (excluding diaryl/α,β-unsaturated/α-hetero) is 1. The molecule has 0 aromatic carbocycles. The molecule has 0 saturated carbocycles. The predicted octanol–water partition coefficient (Wildman–Crippen LogP) is 10.2. The number of nitrogens with zero attached hydrogens (tertiary/aromatic N) is 15. The second-order valence-corrected chi connectivity index (χ2v) is 32.4. The van der Waals surface area contributed by atoms with E-state index in [2.05, 4.69) is 23.6 Å². The van der Waals surface area contributed by atoms with Gasteiger partial charge < -0.3 is 117 Å². The van der Waals surface area contributed by atoms with Crippen LogP contribution in [-0.4, -0.2) is 392 Å². The number of likely N-dealkylation sites (N-methyl/N-ethyl adjacent to an activating group) is 9. The lowest BCUT2D eigenvalue weighted by molar-refractivity contribution is -0.131. The smallest absolute Gasteiger partial charge is 0.409 e. The average molecular weight is 1760 g/mol. The Hall–Kier alpha value is -10.4. The Morgan fingerprint density at radius 1 is 0.371 bits per heavy atom. The van der Waals surface area contributed by atoms with Gasteiger partial charge in [0.2, 0.25) is 23.9 Å². The molecule has 0 unspecified atom stereocenters. The number of carbonyl (C=O) groups is 13. The monoisotopic (exact) mass is 1760 g/mol. The first kappa shape index (κ1) is 112. The molecule has 0 aliphatic carbocycles. The molecule has 0 aromatic rings. The van der Waals surface area contributed by atoms with E-state index in [0.717, 1.165) is 168 Å². The van der Waals surface area contributed by atoms with Gasteiger partial charge in [0.05, 0.1) is 64.7 Å². The van der Waals surface area contributed by atoms with Crippen LogP contribution in [0.4, 0.5) is 43.2 Å². The Kier molecular flexibility index (Phi) is 55.7. The lowest BCUT2D eigenvalue weighted by Gasteiger charge is -2.21. The average Bonchev–Trinajstić information content (AvgIpc) is 1.80. The van der Waals surface area contributed by atoms with Crippen LogP contribution in [0.25, 0.3) is 0 Å². The highest BCUT2D eigenvalue weighted by atomic mass is 16.6. The van der Waals surface area contributed by atoms with Gasteiger partial charge in [0, 0.05) is 168 Å². The molecule has 8 atom stereocenters. The number of nitrogens with one attached hydrogen (secondary N) is 2. The summed E-state index contributed by atoms with van der Waals surface area (Å²) in [5.41, 5.74) is 5.81. The first-order valence-electron chi connectivity index (χ1n) is 43.5. The van der Waals surface area contributed by atoms with Crippen molar-refractivity contribution in [2.45, 2.75) is 258 Å². The summed E-state index contributed by atoms with van der Waals surface area (Å²) >= 11 is 0. The van der Waals surface area contributed by atoms with Gasteiger partial charge in [-0.3, -0.25) is 24.6 Å². The first-order valence-corrected chi connectivity index (χ1v) is 43.5. The van der Waals surface area contributed by atoms with Gasteiger partial charge in [-0.1, -0.05) is 53.9 Å². The third-order valence-electron chi connectivity index (χ3n) is 20.8. The third-order valence-corrected chi connectivity index (χ3v) is 20.8. The van der Waals surface area contributed by atoms with Crippen LogP contribution < -0.4 is 5.73 Å². The topological polar surface area (TPSA) is 457 Å². The van der Waals surface area contributed by atoms with E-state index in [1.54, 1.807) is 130 Å². The largest absolute Gasteiger partial charge is 0.448 e. The number of hydrogen-bond donors (Lipinski definition) is 3. The molecule has 13 heterocycles. The number of hydrogen-bond acceptors (Lipinski definition) is 26. The highest BCUT2D eigenvalue weighted by Gasteiger charge is 2.33. The van der Waals surface area contributed by atoms with Gasteiger partial charge in [-0.05, 0) is 110 Å². The maximum Gasteiger partial charge on any atom is 0.409 e. The molecule has 0 spiro atoms. The molecule has 124 heavy (non-hydrogen) atoms. The van der Waals surface area contributed by atoms with E-state index in [-0.39, 0.29) is 115 Å². The summed E-state index contributed by atoms with van der Waals surface area (Å²) in [5, 5.41) is 22.4. The molecular weight excluding hydrogens is 1610 g/mol. The van der Waals surface area contributed by atoms with Crippen LogP contribution in [0.15, 0.2) is 4.99 Å². The molecule has 708 valence electrons. The number of ether oxygens (including phenoxy) is 9. The number of amidine groups is 2. The first-order chi connectivity index (χ1) is 58.5. The number of rotatable bonds is 19. The Labute approximate surface area is 735 Å². The van der Waals surface area contributed by atoms with Crippen LogP contribution in [0.5, 0.6) is 0 Å². The Morgan fingerprint density at radius 2 is 0.694 bits per heavy atom. The van der Waals surface area contributed by atoms with Gasteiger partial charge in [-0.25, -0.2) is 43.2 Å². The zero-order valence-corrected chi connectivity index (χ0v) is 78.0. The van der Waals surface area contributed by atoms with E-state index in [1.807, 2.05) is 60.8 Å². The summed E-state index contributed by atoms with van der Waals surface area (Å²) in [5.74, 6) is 2.23. The highest BCUT2D eigenvalue weighted by Crippen LogP contribution is 2.20. The van der Waals surface area contributed by atoms with Gasteiger partial charge in [0.1, 0.15) is 67.1 Å². The summed E-state index contributed by atoms with van der Waals surface area (Å²) < 4.78 is 44.2. The number of nitrogens with two attached hydrogens (primary N) is 1. The number of piperidine rings is 1. The van der Waals surface area contributed by atoms with Crippen molar-refractivity contribution in [2.24, 2.45) is 10.7 Å². The van der Waals surface area contributed by atoms with Crippen LogP contribution in [0, 0.1) is 22.3 Å². The van der Waals surface area contributed by atoms with E-state index < -0.39 is 0 Å². The van der Waals surface area contributed by atoms with Crippen molar-refractivity contribution in [3.05, 3.63) is 0 Å². The van der Waals surface area contributed by atoms with E-state index in [9.17, 15) is 62.3 Å². The van der Waals surface area contributed by atoms with Crippen LogP contribution in [0.3, 0.4) is 0 Å². The molecule has 12 amide bonds. The molecule has 40 nitrogen and oxygen atoms in total. The maximum absolute atomic E-state index is 11.4. The van der Waals surface area contributed by atoms with E-state index in [1.165, 1.54) is 30.6 Å². The minimum Gasteiger partial charge on any atom is -0.448 e. The van der Waals surface area contributed by atoms with Crippen molar-refractivity contribution in [2.75, 3.05) is 183 Å². The second-order valence-electron chi connectivity index (χ2n) is 32.4. The Morgan fingerprint density at radius 3 is 0.911 bits per heavy atom. The normalized spacial score (nSPS) is 23.3. The number of cyclic esters (lactones) is 9. The molecule has 40 heteroatoms. The molecule has 13 rings (SSSR count). The number of unbranched alkanes of at least 4 members (excludes halogenated alkanes) is 3. The van der Waals surface area contributed by atoms with Crippen molar-refractivity contribution in [1.29, 1.82) is 16.1 Å². The summed E-state index contributed by atoms with van der Waals surface area (Å²) in [7, 11) is 23.1. The molecule has 0 bridgehead atoms. The molecule has 0 radical (unpaired) electrons. The quantitative estimate of drug-likeness (QED) is 0.0355. The van der Waals surface area contributed by atoms with Gasteiger partial charge in [0.25, 0.3) is 0 Å². The van der Waals surface area contributed by atoms with E-state index in [0.29, 0.717) is 88.2 Å². The zero-order valence-electron chi connectivity index (χ0n) is 78.0. The van der Waals surface area contributed by atoms with Crippen molar-refractivity contribution in [3.63, 3.8) is 0 Å². The maximum atomic E-state index is 11.4. The SMILES string of the molecule is CC(=N)CC[C@@H]1CN(C)C(=O)O1.CCCCC(=O)CC[C@@H]1CN(C)C(=O)O1.CCCCC[C@@H]1CN(C)C(=O)O1.CC[C@@H]1CN(C)C(=O)O1.CC[C@@H]1CN(C)C(=O)O1.CC[C@H]1CN(C)C(=O)O1.CN1CCCC1=NC#N.CN1CCCC1=O.CN1CCCC1=O.CN1CCCCC1=O.CN1CCOC1=O.CN1C[C@H](CCC(=N)N)OC1=O.C[C@@H]1CN(C)C(=O)O1. The standard InChI is InChI=1S/C11H19NO3.C9H17NO2.C8H14N2O2.C7H13N3O2.C6H9N3.3C6H11NO2.C6H11NO.C5H9NO2.2C5H9NO.C4H7NO2/c1-3-4-5-9(13)6-7-10-8-12(2)11(14)15-10;1-3-4-5-6-8-7-10(2)9(11)12-8;1-6(9)3-4-7-5-10(2)8(11)12-7;1-10-4-5(12-7(10)11)2-3-6(8)9;1-9-4-2-3-6(9)8-5-7;3*1-3-5-4-7(2)6(8)9-5;1-7-5-3-2-4-6(7)8;1-4-3-6(2)5(7)8-4;2*1-6-4-2-3-5(6)7;1-5-2-3-7-4(5)6/h10H,3-8H2,1-2H3;8H,3-7H2,1-2H3;7,9H,3-5H2,1-2H3;5H,2-4H2,1H3,(H3,8,9);2-4H2,1H3;3*5H,3-4H2,1-2H3;2-5H2,1H3;4H,3H2,1-2H3;2*2-4H2,1H3;2-3H2,1H3/t10-;8-;7-;5-;;3*5-;;4-;;;/m1110.110.1.../s1. The molecule has 13 aliphatic rings. The van der Waals surface area contributed by atoms with Crippen molar-refractivity contribution in [3.8, 4) is 6.19 Å². The third kappa shape index (κ3) is 47.5. The number of amides is 12. The fourth-order valence-corrected chi connectivity index (χ4v) is 12.7. The van der Waals surface area contributed by atoms with Crippen LogP contribution in [0.1, 0.15) is 209 Å². The van der Waals surface area contributed by atoms with E-state index >= 15 is 0 Å². The van der Waals surface area contributed by atoms with Crippen molar-refractivity contribution < 1.29 is 105 Å². The van der Waals surface area contributed by atoms with Crippen LogP contribution in [0.2, 0.25) is 0 Å². The van der Waals surface area contributed by atoms with Crippen LogP contribution in [-0.2, 0) is 61.8 Å². The highest BCUT2D eigenvalue weighted by molar-refractivity contribution is 5.85. The molecule has 13 fully saturated rings. The van der Waals surface area contributed by atoms with E-state index in [4.69, 9.17) is 59.7 Å². The van der Waals surface area contributed by atoms with Gasteiger partial charge >= 0.3 is 54.8 Å². The number of likely N-dealkylation sites (tertiary alicyclic amines) is 4. The molecule has 13 saturated heterocycles. The second kappa shape index (κ2) is 61.8. The summed E-state index contributed by atoms with van der Waals surface area (Å²) in [6, 6.07) is 0. The lowest BCUT2D eigenvalue weighted by atomic mass is 10.1. The number of aliphatic imine (C=N–C) groups is 1. The minimum absolute atomic E-state index is 0.0113. The van der Waals surface area contributed by atoms with Crippen molar-refractivity contribution in [1.82, 2.24) is 63.7 Å². The summed E-state index contributed by atoms with van der Waals surface area (Å²) in [6.45, 7) is 24.7. The van der Waals surface area contributed by atoms with Gasteiger partial charge in [-0.2, -0.15) is 10.3 Å². The fraction of sp³-hybridized carbons (Fsp3) is 0.798.